The zero-order valence-electron chi connectivity index (χ0n) is 8.45. The number of halogens is 2. The lowest BCUT2D eigenvalue weighted by Gasteiger charge is -1.98. The van der Waals surface area contributed by atoms with Crippen LogP contribution in [0, 0.1) is 0 Å². The van der Waals surface area contributed by atoms with Gasteiger partial charge in [-0.1, -0.05) is 29.0 Å². The predicted molar refractivity (Wildman–Crippen MR) is 70.7 cm³/mol. The first-order valence-corrected chi connectivity index (χ1v) is 6.61. The second-order valence-corrected chi connectivity index (χ2v) is 5.63. The van der Waals surface area contributed by atoms with Gasteiger partial charge in [-0.2, -0.15) is 0 Å². The Hall–Kier alpha value is -0.490. The molecule has 6 heteroatoms. The molecule has 0 bridgehead atoms. The maximum absolute atomic E-state index is 5.92. The second-order valence-electron chi connectivity index (χ2n) is 3.36. The summed E-state index contributed by atoms with van der Waals surface area (Å²) in [6.45, 7) is 1.89. The monoisotopic (exact) mass is 317 g/mol. The van der Waals surface area contributed by atoms with E-state index in [0.29, 0.717) is 5.02 Å². The third-order valence-corrected chi connectivity index (χ3v) is 4.38. The fourth-order valence-electron chi connectivity index (χ4n) is 1.16. The van der Waals surface area contributed by atoms with Crippen molar-refractivity contribution in [1.82, 2.24) is 10.2 Å². The first kappa shape index (κ1) is 12.0. The van der Waals surface area contributed by atoms with E-state index in [0.717, 1.165) is 20.1 Å². The molecule has 1 aromatic heterocycles. The molecule has 0 amide bonds. The topological polar surface area (TPSA) is 51.8 Å². The van der Waals surface area contributed by atoms with E-state index < -0.39 is 0 Å². The van der Waals surface area contributed by atoms with Crippen molar-refractivity contribution < 1.29 is 0 Å². The number of hydrogen-bond acceptors (Lipinski definition) is 4. The third kappa shape index (κ3) is 2.43. The van der Waals surface area contributed by atoms with E-state index in [9.17, 15) is 0 Å². The van der Waals surface area contributed by atoms with Crippen LogP contribution in [0.5, 0.6) is 0 Å². The predicted octanol–water partition coefficient (Wildman–Crippen LogP) is 3.64. The maximum atomic E-state index is 5.92. The van der Waals surface area contributed by atoms with Crippen molar-refractivity contribution >= 4 is 38.9 Å². The fourth-order valence-corrected chi connectivity index (χ4v) is 2.45. The average molecular weight is 319 g/mol. The van der Waals surface area contributed by atoms with Gasteiger partial charge < -0.3 is 5.73 Å². The molecular formula is C10H9BrClN3S. The summed E-state index contributed by atoms with van der Waals surface area (Å²) in [5, 5.41) is 10.5. The first-order valence-electron chi connectivity index (χ1n) is 4.62. The lowest BCUT2D eigenvalue weighted by atomic mass is 10.2. The van der Waals surface area contributed by atoms with Gasteiger partial charge in [-0.25, -0.2) is 0 Å². The summed E-state index contributed by atoms with van der Waals surface area (Å²) in [6.07, 6.45) is 0. The van der Waals surface area contributed by atoms with Crippen LogP contribution in [0.4, 0.5) is 0 Å². The minimum Gasteiger partial charge on any atom is -0.322 e. The molecule has 1 aromatic carbocycles. The van der Waals surface area contributed by atoms with Crippen LogP contribution in [-0.4, -0.2) is 10.2 Å². The van der Waals surface area contributed by atoms with Crippen molar-refractivity contribution in [1.29, 1.82) is 0 Å². The van der Waals surface area contributed by atoms with Gasteiger partial charge in [0.1, 0.15) is 10.0 Å². The number of rotatable bonds is 2. The van der Waals surface area contributed by atoms with E-state index in [1.165, 1.54) is 11.3 Å². The van der Waals surface area contributed by atoms with E-state index in [4.69, 9.17) is 17.3 Å². The van der Waals surface area contributed by atoms with Gasteiger partial charge in [0.2, 0.25) is 0 Å². The second kappa shape index (κ2) is 4.79. The van der Waals surface area contributed by atoms with Crippen molar-refractivity contribution in [2.45, 2.75) is 13.0 Å². The normalized spacial score (nSPS) is 12.8. The SMILES string of the molecule is CC(N)c1nnc(-c2ccc(Cl)c(Br)c2)s1. The maximum Gasteiger partial charge on any atom is 0.147 e. The van der Waals surface area contributed by atoms with Gasteiger partial charge in [0, 0.05) is 10.0 Å². The minimum atomic E-state index is -0.0815. The molecule has 0 fully saturated rings. The quantitative estimate of drug-likeness (QED) is 0.919. The highest BCUT2D eigenvalue weighted by molar-refractivity contribution is 9.10. The number of hydrogen-bond donors (Lipinski definition) is 1. The average Bonchev–Trinajstić information content (AvgIpc) is 2.71. The molecule has 2 N–H and O–H groups in total. The molecule has 1 heterocycles. The van der Waals surface area contributed by atoms with E-state index in [1.54, 1.807) is 0 Å². The Balaban J connectivity index is 2.39. The van der Waals surface area contributed by atoms with E-state index in [-0.39, 0.29) is 6.04 Å². The largest absolute Gasteiger partial charge is 0.322 e. The Bertz CT molecular complexity index is 513. The summed E-state index contributed by atoms with van der Waals surface area (Å²) in [5.74, 6) is 0. The Morgan fingerprint density at radius 2 is 2.19 bits per heavy atom. The smallest absolute Gasteiger partial charge is 0.147 e. The van der Waals surface area contributed by atoms with Crippen LogP contribution >= 0.6 is 38.9 Å². The van der Waals surface area contributed by atoms with Crippen molar-refractivity contribution in [3.05, 3.63) is 32.7 Å². The number of nitrogens with two attached hydrogens (primary N) is 1. The van der Waals surface area contributed by atoms with Crippen molar-refractivity contribution in [2.75, 3.05) is 0 Å². The first-order chi connectivity index (χ1) is 7.58. The molecule has 3 nitrogen and oxygen atoms in total. The summed E-state index contributed by atoms with van der Waals surface area (Å²) in [5.41, 5.74) is 6.72. The summed E-state index contributed by atoms with van der Waals surface area (Å²) >= 11 is 10.8. The van der Waals surface area contributed by atoms with Crippen LogP contribution in [-0.2, 0) is 0 Å². The molecular weight excluding hydrogens is 310 g/mol. The van der Waals surface area contributed by atoms with Gasteiger partial charge in [0.05, 0.1) is 11.1 Å². The molecule has 0 saturated heterocycles. The summed E-state index contributed by atoms with van der Waals surface area (Å²) in [7, 11) is 0. The Morgan fingerprint density at radius 1 is 1.44 bits per heavy atom. The van der Waals surface area contributed by atoms with Crippen molar-refractivity contribution in [2.24, 2.45) is 5.73 Å². The number of benzene rings is 1. The zero-order valence-corrected chi connectivity index (χ0v) is 11.6. The Kier molecular flexibility index (Phi) is 3.59. The van der Waals surface area contributed by atoms with Crippen LogP contribution < -0.4 is 5.73 Å². The molecule has 16 heavy (non-hydrogen) atoms. The molecule has 0 aliphatic heterocycles. The molecule has 0 spiro atoms. The summed E-state index contributed by atoms with van der Waals surface area (Å²) in [6, 6.07) is 5.59. The van der Waals surface area contributed by atoms with Crippen LogP contribution in [0.1, 0.15) is 18.0 Å². The van der Waals surface area contributed by atoms with E-state index >= 15 is 0 Å². The molecule has 0 aliphatic rings. The highest BCUT2D eigenvalue weighted by Gasteiger charge is 2.10. The Morgan fingerprint density at radius 3 is 2.75 bits per heavy atom. The molecule has 1 unspecified atom stereocenters. The number of aromatic nitrogens is 2. The molecule has 0 radical (unpaired) electrons. The van der Waals surface area contributed by atoms with Crippen LogP contribution in [0.2, 0.25) is 5.02 Å². The lowest BCUT2D eigenvalue weighted by molar-refractivity contribution is 0.786. The van der Waals surface area contributed by atoms with Crippen LogP contribution in [0.3, 0.4) is 0 Å². The van der Waals surface area contributed by atoms with Gasteiger partial charge in [-0.3, -0.25) is 0 Å². The molecule has 84 valence electrons. The molecule has 1 atom stereocenters. The molecule has 2 rings (SSSR count). The van der Waals surface area contributed by atoms with Gasteiger partial charge in [0.25, 0.3) is 0 Å². The molecule has 0 saturated carbocycles. The van der Waals surface area contributed by atoms with Gasteiger partial charge >= 0.3 is 0 Å². The highest BCUT2D eigenvalue weighted by Crippen LogP contribution is 2.31. The molecule has 0 aliphatic carbocycles. The van der Waals surface area contributed by atoms with Gasteiger partial charge in [-0.05, 0) is 35.0 Å². The van der Waals surface area contributed by atoms with Crippen LogP contribution in [0.15, 0.2) is 22.7 Å². The third-order valence-electron chi connectivity index (χ3n) is 2.00. The van der Waals surface area contributed by atoms with Crippen LogP contribution in [0.25, 0.3) is 10.6 Å². The van der Waals surface area contributed by atoms with Crippen molar-refractivity contribution in [3.8, 4) is 10.6 Å². The van der Waals surface area contributed by atoms with Gasteiger partial charge in [-0.15, -0.1) is 10.2 Å². The van der Waals surface area contributed by atoms with E-state index in [2.05, 4.69) is 26.1 Å². The lowest BCUT2D eigenvalue weighted by Crippen LogP contribution is -2.03. The standard InChI is InChI=1S/C10H9BrClN3S/c1-5(13)9-14-15-10(16-9)6-2-3-8(12)7(11)4-6/h2-5H,13H2,1H3. The highest BCUT2D eigenvalue weighted by atomic mass is 79.9. The Labute approximate surface area is 111 Å². The zero-order chi connectivity index (χ0) is 11.7. The summed E-state index contributed by atoms with van der Waals surface area (Å²) in [4.78, 5) is 0. The van der Waals surface area contributed by atoms with E-state index in [1.807, 2.05) is 25.1 Å². The number of nitrogens with zero attached hydrogens (tertiary/aromatic N) is 2. The molecule has 2 aromatic rings. The summed E-state index contributed by atoms with van der Waals surface area (Å²) < 4.78 is 0.851. The fraction of sp³-hybridized carbons (Fsp3) is 0.200. The minimum absolute atomic E-state index is 0.0815. The van der Waals surface area contributed by atoms with Gasteiger partial charge in [0.15, 0.2) is 0 Å². The van der Waals surface area contributed by atoms with Crippen molar-refractivity contribution in [3.63, 3.8) is 0 Å².